The van der Waals surface area contributed by atoms with E-state index >= 15 is 0 Å². The van der Waals surface area contributed by atoms with Crippen LogP contribution in [0.25, 0.3) is 5.69 Å². The largest absolute Gasteiger partial charge is 0.294 e. The summed E-state index contributed by atoms with van der Waals surface area (Å²) in [5.41, 5.74) is 5.17. The topological polar surface area (TPSA) is 34.9 Å². The van der Waals surface area contributed by atoms with Crippen molar-refractivity contribution in [1.29, 1.82) is 0 Å². The Hall–Kier alpha value is -2.20. The van der Waals surface area contributed by atoms with Crippen LogP contribution in [0.5, 0.6) is 0 Å². The van der Waals surface area contributed by atoms with Crippen LogP contribution in [-0.2, 0) is 12.8 Å². The van der Waals surface area contributed by atoms with Crippen molar-refractivity contribution in [2.75, 3.05) is 0 Å². The number of thiophene rings is 1. The average molecular weight is 379 g/mol. The van der Waals surface area contributed by atoms with E-state index in [-0.39, 0.29) is 11.2 Å². The summed E-state index contributed by atoms with van der Waals surface area (Å²) >= 11 is 1.72. The molecule has 2 heterocycles. The van der Waals surface area contributed by atoms with Gasteiger partial charge in [0.2, 0.25) is 0 Å². The highest BCUT2D eigenvalue weighted by Gasteiger charge is 2.36. The molecule has 0 atom stereocenters. The van der Waals surface area contributed by atoms with Crippen LogP contribution in [0.4, 0.5) is 0 Å². The van der Waals surface area contributed by atoms with Crippen molar-refractivity contribution in [2.45, 2.75) is 52.9 Å². The van der Waals surface area contributed by atoms with Gasteiger partial charge in [-0.15, -0.1) is 11.3 Å². The lowest BCUT2D eigenvalue weighted by Gasteiger charge is -2.29. The SMILES string of the molecule is CC(C)c1ccc(-n2nc(Cc3cccs3)c3c2CC(C)(C)CC3=O)cc1. The summed E-state index contributed by atoms with van der Waals surface area (Å²) in [5, 5.41) is 7.01. The monoisotopic (exact) mass is 378 g/mol. The molecule has 3 aromatic rings. The lowest BCUT2D eigenvalue weighted by Crippen LogP contribution is -2.28. The van der Waals surface area contributed by atoms with Gasteiger partial charge in [-0.25, -0.2) is 4.68 Å². The first-order chi connectivity index (χ1) is 12.8. The molecule has 3 nitrogen and oxygen atoms in total. The Kier molecular flexibility index (Phi) is 4.55. The normalized spacial score (nSPS) is 16.0. The number of carbonyl (C=O) groups excluding carboxylic acids is 1. The van der Waals surface area contributed by atoms with E-state index in [0.29, 0.717) is 12.3 Å². The van der Waals surface area contributed by atoms with Crippen LogP contribution < -0.4 is 0 Å². The number of carbonyl (C=O) groups is 1. The standard InChI is InChI=1S/C23H26N2OS/c1-15(2)16-7-9-17(10-8-16)25-20-13-23(3,4)14-21(26)22(20)19(24-25)12-18-6-5-11-27-18/h5-11,15H,12-14H2,1-4H3. The van der Waals surface area contributed by atoms with Crippen molar-refractivity contribution in [1.82, 2.24) is 9.78 Å². The summed E-state index contributed by atoms with van der Waals surface area (Å²) in [4.78, 5) is 14.2. The zero-order valence-corrected chi connectivity index (χ0v) is 17.3. The molecule has 140 valence electrons. The van der Waals surface area contributed by atoms with Crippen molar-refractivity contribution in [3.05, 3.63) is 69.2 Å². The molecule has 0 bridgehead atoms. The summed E-state index contributed by atoms with van der Waals surface area (Å²) in [6, 6.07) is 12.8. The van der Waals surface area contributed by atoms with Gasteiger partial charge < -0.3 is 0 Å². The van der Waals surface area contributed by atoms with Gasteiger partial charge in [-0.05, 0) is 46.9 Å². The first-order valence-electron chi connectivity index (χ1n) is 9.61. The van der Waals surface area contributed by atoms with Gasteiger partial charge in [-0.2, -0.15) is 5.10 Å². The van der Waals surface area contributed by atoms with Crippen LogP contribution in [0.1, 0.15) is 72.2 Å². The van der Waals surface area contributed by atoms with Gasteiger partial charge in [0.1, 0.15) is 0 Å². The fraction of sp³-hybridized carbons (Fsp3) is 0.391. The van der Waals surface area contributed by atoms with E-state index in [1.54, 1.807) is 11.3 Å². The van der Waals surface area contributed by atoms with Crippen molar-refractivity contribution < 1.29 is 4.79 Å². The van der Waals surface area contributed by atoms with Crippen LogP contribution in [0.15, 0.2) is 41.8 Å². The van der Waals surface area contributed by atoms with E-state index in [9.17, 15) is 4.79 Å². The zero-order chi connectivity index (χ0) is 19.2. The van der Waals surface area contributed by atoms with Gasteiger partial charge in [0, 0.05) is 17.7 Å². The van der Waals surface area contributed by atoms with Crippen LogP contribution in [0.2, 0.25) is 0 Å². The Morgan fingerprint density at radius 1 is 1.15 bits per heavy atom. The third kappa shape index (κ3) is 3.51. The molecule has 0 N–H and O–H groups in total. The second kappa shape index (κ2) is 6.75. The number of benzene rings is 1. The molecule has 0 amide bonds. The van der Waals surface area contributed by atoms with Gasteiger partial charge in [0.15, 0.2) is 5.78 Å². The van der Waals surface area contributed by atoms with Crippen molar-refractivity contribution in [2.24, 2.45) is 5.41 Å². The molecule has 0 aliphatic heterocycles. The Bertz CT molecular complexity index is 963. The zero-order valence-electron chi connectivity index (χ0n) is 16.5. The second-order valence-corrected chi connectivity index (χ2v) is 9.66. The van der Waals surface area contributed by atoms with E-state index < -0.39 is 0 Å². The molecular weight excluding hydrogens is 352 g/mol. The summed E-state index contributed by atoms with van der Waals surface area (Å²) in [6.07, 6.45) is 2.19. The first-order valence-corrected chi connectivity index (χ1v) is 10.5. The molecule has 1 aliphatic rings. The van der Waals surface area contributed by atoms with Gasteiger partial charge >= 0.3 is 0 Å². The minimum absolute atomic E-state index is 0.0278. The summed E-state index contributed by atoms with van der Waals surface area (Å²) in [7, 11) is 0. The van der Waals surface area contributed by atoms with Crippen LogP contribution in [-0.4, -0.2) is 15.6 Å². The number of nitrogens with zero attached hydrogens (tertiary/aromatic N) is 2. The predicted octanol–water partition coefficient (Wildman–Crippen LogP) is 5.80. The highest BCUT2D eigenvalue weighted by atomic mass is 32.1. The molecule has 4 heteroatoms. The number of Topliss-reactive ketones (excluding diaryl/α,β-unsaturated/α-hetero) is 1. The molecule has 0 unspecified atom stereocenters. The highest BCUT2D eigenvalue weighted by Crippen LogP contribution is 2.38. The number of fused-ring (bicyclic) bond motifs is 1. The molecule has 1 aromatic carbocycles. The molecule has 0 radical (unpaired) electrons. The number of ketones is 1. The summed E-state index contributed by atoms with van der Waals surface area (Å²) in [5.74, 6) is 0.735. The lowest BCUT2D eigenvalue weighted by atomic mass is 9.75. The fourth-order valence-electron chi connectivity index (χ4n) is 3.94. The Morgan fingerprint density at radius 2 is 1.89 bits per heavy atom. The number of rotatable bonds is 4. The average Bonchev–Trinajstić information content (AvgIpc) is 3.22. The van der Waals surface area contributed by atoms with Gasteiger partial charge in [0.05, 0.1) is 22.6 Å². The molecule has 0 saturated heterocycles. The lowest BCUT2D eigenvalue weighted by molar-refractivity contribution is 0.0910. The van der Waals surface area contributed by atoms with E-state index in [2.05, 4.69) is 69.5 Å². The number of hydrogen-bond donors (Lipinski definition) is 0. The molecule has 4 rings (SSSR count). The maximum absolute atomic E-state index is 13.0. The van der Waals surface area contributed by atoms with E-state index in [0.717, 1.165) is 35.5 Å². The third-order valence-electron chi connectivity index (χ3n) is 5.34. The highest BCUT2D eigenvalue weighted by molar-refractivity contribution is 7.09. The molecule has 1 aliphatic carbocycles. The fourth-order valence-corrected chi connectivity index (χ4v) is 4.65. The minimum atomic E-state index is -0.0278. The van der Waals surface area contributed by atoms with Gasteiger partial charge in [0.25, 0.3) is 0 Å². The molecule has 0 spiro atoms. The Morgan fingerprint density at radius 3 is 2.52 bits per heavy atom. The van der Waals surface area contributed by atoms with Crippen molar-refractivity contribution in [3.8, 4) is 5.69 Å². The Balaban J connectivity index is 1.82. The number of aromatic nitrogens is 2. The smallest absolute Gasteiger partial charge is 0.167 e. The molecule has 2 aromatic heterocycles. The third-order valence-corrected chi connectivity index (χ3v) is 6.22. The van der Waals surface area contributed by atoms with E-state index in [1.165, 1.54) is 10.4 Å². The molecule has 0 fully saturated rings. The van der Waals surface area contributed by atoms with Crippen LogP contribution in [0.3, 0.4) is 0 Å². The van der Waals surface area contributed by atoms with E-state index in [4.69, 9.17) is 5.10 Å². The summed E-state index contributed by atoms with van der Waals surface area (Å²) in [6.45, 7) is 8.74. The molecule has 27 heavy (non-hydrogen) atoms. The first kappa shape index (κ1) is 18.2. The maximum Gasteiger partial charge on any atom is 0.167 e. The second-order valence-electron chi connectivity index (χ2n) is 8.62. The van der Waals surface area contributed by atoms with E-state index in [1.807, 2.05) is 4.68 Å². The predicted molar refractivity (Wildman–Crippen MR) is 111 cm³/mol. The van der Waals surface area contributed by atoms with Crippen LogP contribution in [0, 0.1) is 5.41 Å². The van der Waals surface area contributed by atoms with Crippen molar-refractivity contribution >= 4 is 17.1 Å². The number of hydrogen-bond acceptors (Lipinski definition) is 3. The van der Waals surface area contributed by atoms with Crippen molar-refractivity contribution in [3.63, 3.8) is 0 Å². The minimum Gasteiger partial charge on any atom is -0.294 e. The maximum atomic E-state index is 13.0. The molecular formula is C23H26N2OS. The quantitative estimate of drug-likeness (QED) is 0.575. The Labute approximate surface area is 165 Å². The van der Waals surface area contributed by atoms with Gasteiger partial charge in [-0.3, -0.25) is 4.79 Å². The molecule has 0 saturated carbocycles. The van der Waals surface area contributed by atoms with Gasteiger partial charge in [-0.1, -0.05) is 45.9 Å². The van der Waals surface area contributed by atoms with Crippen LogP contribution >= 0.6 is 11.3 Å². The summed E-state index contributed by atoms with van der Waals surface area (Å²) < 4.78 is 2.02.